The van der Waals surface area contributed by atoms with Gasteiger partial charge < -0.3 is 20.6 Å². The van der Waals surface area contributed by atoms with Gasteiger partial charge in [0.15, 0.2) is 5.96 Å². The van der Waals surface area contributed by atoms with Crippen molar-refractivity contribution in [2.75, 3.05) is 39.3 Å². The largest absolute Gasteiger partial charge is 0.391 e. The Morgan fingerprint density at radius 1 is 1.12 bits per heavy atom. The number of hydrogen-bond acceptors (Lipinski definition) is 3. The number of nitrogens with zero attached hydrogens (tertiary/aromatic N) is 2. The second kappa shape index (κ2) is 12.7. The molecule has 0 bridgehead atoms. The number of aliphatic hydroxyl groups excluding tert-OH is 1. The van der Waals surface area contributed by atoms with E-state index in [0.717, 1.165) is 37.6 Å². The van der Waals surface area contributed by atoms with Crippen molar-refractivity contribution in [3.8, 4) is 0 Å². The van der Waals surface area contributed by atoms with Gasteiger partial charge in [0.1, 0.15) is 0 Å². The molecule has 26 heavy (non-hydrogen) atoms. The van der Waals surface area contributed by atoms with Gasteiger partial charge in [0, 0.05) is 19.5 Å². The molecule has 1 aromatic carbocycles. The highest BCUT2D eigenvalue weighted by atomic mass is 16.3. The lowest BCUT2D eigenvalue weighted by Gasteiger charge is -2.20. The third-order valence-corrected chi connectivity index (χ3v) is 4.76. The molecule has 0 saturated carbocycles. The molecule has 0 amide bonds. The Hall–Kier alpha value is -1.59. The minimum Gasteiger partial charge on any atom is -0.391 e. The molecule has 1 aliphatic heterocycles. The van der Waals surface area contributed by atoms with E-state index in [9.17, 15) is 5.11 Å². The second-order valence-electron chi connectivity index (χ2n) is 7.10. The topological polar surface area (TPSA) is 59.9 Å². The fourth-order valence-corrected chi connectivity index (χ4v) is 3.36. The Morgan fingerprint density at radius 2 is 1.85 bits per heavy atom. The molecule has 1 unspecified atom stereocenters. The van der Waals surface area contributed by atoms with E-state index >= 15 is 0 Å². The van der Waals surface area contributed by atoms with Crippen molar-refractivity contribution in [1.29, 1.82) is 0 Å². The molecule has 5 nitrogen and oxygen atoms in total. The van der Waals surface area contributed by atoms with Crippen LogP contribution in [0.25, 0.3) is 0 Å². The first kappa shape index (κ1) is 20.7. The van der Waals surface area contributed by atoms with Gasteiger partial charge in [-0.05, 0) is 51.4 Å². The van der Waals surface area contributed by atoms with Crippen molar-refractivity contribution in [3.63, 3.8) is 0 Å². The molecule has 1 saturated heterocycles. The third-order valence-electron chi connectivity index (χ3n) is 4.76. The van der Waals surface area contributed by atoms with Crippen LogP contribution in [0, 0.1) is 0 Å². The van der Waals surface area contributed by atoms with Crippen molar-refractivity contribution in [2.45, 2.75) is 51.6 Å². The summed E-state index contributed by atoms with van der Waals surface area (Å²) in [6, 6.07) is 10.1. The Bertz CT molecular complexity index is 498. The molecule has 1 aromatic rings. The van der Waals surface area contributed by atoms with Crippen molar-refractivity contribution in [3.05, 3.63) is 35.9 Å². The van der Waals surface area contributed by atoms with E-state index in [-0.39, 0.29) is 0 Å². The molecule has 0 aromatic heterocycles. The first-order valence-electron chi connectivity index (χ1n) is 10.2. The van der Waals surface area contributed by atoms with Crippen LogP contribution in [0.15, 0.2) is 35.3 Å². The van der Waals surface area contributed by atoms with Crippen LogP contribution < -0.4 is 10.6 Å². The van der Waals surface area contributed by atoms with Crippen molar-refractivity contribution in [1.82, 2.24) is 15.5 Å². The number of rotatable bonds is 9. The maximum atomic E-state index is 10.2. The van der Waals surface area contributed by atoms with Crippen LogP contribution in [0.4, 0.5) is 0 Å². The Kier molecular flexibility index (Phi) is 10.1. The van der Waals surface area contributed by atoms with Crippen molar-refractivity contribution >= 4 is 5.96 Å². The first-order valence-corrected chi connectivity index (χ1v) is 10.2. The molecule has 0 aliphatic carbocycles. The zero-order valence-electron chi connectivity index (χ0n) is 16.3. The summed E-state index contributed by atoms with van der Waals surface area (Å²) < 4.78 is 0. The molecule has 5 heteroatoms. The highest BCUT2D eigenvalue weighted by Gasteiger charge is 2.09. The van der Waals surface area contributed by atoms with Gasteiger partial charge in [-0.25, -0.2) is 0 Å². The smallest absolute Gasteiger partial charge is 0.191 e. The maximum absolute atomic E-state index is 10.2. The molecular weight excluding hydrogens is 324 g/mol. The zero-order chi connectivity index (χ0) is 18.5. The summed E-state index contributed by atoms with van der Waals surface area (Å²) in [4.78, 5) is 7.13. The average Bonchev–Trinajstić information content (AvgIpc) is 2.93. The summed E-state index contributed by atoms with van der Waals surface area (Å²) in [5.74, 6) is 0.801. The fourth-order valence-electron chi connectivity index (χ4n) is 3.36. The molecule has 1 heterocycles. The van der Waals surface area contributed by atoms with Gasteiger partial charge in [-0.2, -0.15) is 0 Å². The standard InChI is InChI=1S/C21H36N4O/c1-2-22-21(23-13-10-16-25-14-8-3-4-9-15-25)24-18-20(26)17-19-11-6-5-7-12-19/h5-7,11-12,20,26H,2-4,8-10,13-18H2,1H3,(H2,22,23,24). The summed E-state index contributed by atoms with van der Waals surface area (Å²) in [6.07, 6.45) is 6.77. The number of likely N-dealkylation sites (tertiary alicyclic amines) is 1. The monoisotopic (exact) mass is 360 g/mol. The van der Waals surface area contributed by atoms with Crippen LogP contribution in [0.1, 0.15) is 44.6 Å². The number of nitrogens with one attached hydrogen (secondary N) is 2. The first-order chi connectivity index (χ1) is 12.8. The van der Waals surface area contributed by atoms with Gasteiger partial charge >= 0.3 is 0 Å². The summed E-state index contributed by atoms with van der Waals surface area (Å²) in [5, 5.41) is 16.9. The van der Waals surface area contributed by atoms with Crippen molar-refractivity contribution < 1.29 is 5.11 Å². The minimum absolute atomic E-state index is 0.413. The number of aliphatic hydroxyl groups is 1. The third kappa shape index (κ3) is 8.68. The summed E-state index contributed by atoms with van der Waals surface area (Å²) in [5.41, 5.74) is 1.14. The van der Waals surface area contributed by atoms with Crippen LogP contribution in [0.2, 0.25) is 0 Å². The highest BCUT2D eigenvalue weighted by molar-refractivity contribution is 5.79. The van der Waals surface area contributed by atoms with E-state index < -0.39 is 6.10 Å². The van der Waals surface area contributed by atoms with Gasteiger partial charge in [-0.15, -0.1) is 0 Å². The molecule has 0 radical (unpaired) electrons. The van der Waals surface area contributed by atoms with Crippen LogP contribution in [-0.4, -0.2) is 61.3 Å². The van der Waals surface area contributed by atoms with Gasteiger partial charge in [0.2, 0.25) is 0 Å². The fraction of sp³-hybridized carbons (Fsp3) is 0.667. The van der Waals surface area contributed by atoms with E-state index in [4.69, 9.17) is 0 Å². The minimum atomic E-state index is -0.454. The van der Waals surface area contributed by atoms with Crippen molar-refractivity contribution in [2.24, 2.45) is 4.99 Å². The Morgan fingerprint density at radius 3 is 2.54 bits per heavy atom. The van der Waals surface area contributed by atoms with E-state index in [0.29, 0.717) is 13.0 Å². The van der Waals surface area contributed by atoms with Gasteiger partial charge in [0.25, 0.3) is 0 Å². The summed E-state index contributed by atoms with van der Waals surface area (Å²) in [7, 11) is 0. The lowest BCUT2D eigenvalue weighted by molar-refractivity contribution is 0.183. The quantitative estimate of drug-likeness (QED) is 0.360. The lowest BCUT2D eigenvalue weighted by Crippen LogP contribution is -2.39. The summed E-state index contributed by atoms with van der Waals surface area (Å²) in [6.45, 7) is 7.87. The maximum Gasteiger partial charge on any atom is 0.191 e. The zero-order valence-corrected chi connectivity index (χ0v) is 16.3. The van der Waals surface area contributed by atoms with E-state index in [1.165, 1.54) is 38.8 Å². The lowest BCUT2D eigenvalue weighted by atomic mass is 10.1. The Labute approximate surface area is 158 Å². The van der Waals surface area contributed by atoms with E-state index in [1.807, 2.05) is 30.3 Å². The summed E-state index contributed by atoms with van der Waals surface area (Å²) >= 11 is 0. The molecule has 1 fully saturated rings. The van der Waals surface area contributed by atoms with Gasteiger partial charge in [-0.1, -0.05) is 43.2 Å². The molecule has 3 N–H and O–H groups in total. The molecule has 1 aliphatic rings. The number of guanidine groups is 1. The Balaban J connectivity index is 1.68. The highest BCUT2D eigenvalue weighted by Crippen LogP contribution is 2.09. The molecule has 0 spiro atoms. The average molecular weight is 361 g/mol. The van der Waals surface area contributed by atoms with Crippen LogP contribution in [0.3, 0.4) is 0 Å². The predicted octanol–water partition coefficient (Wildman–Crippen LogP) is 2.41. The second-order valence-corrected chi connectivity index (χ2v) is 7.10. The van der Waals surface area contributed by atoms with Crippen LogP contribution >= 0.6 is 0 Å². The van der Waals surface area contributed by atoms with E-state index in [2.05, 4.69) is 27.4 Å². The molecule has 146 valence electrons. The molecule has 1 atom stereocenters. The van der Waals surface area contributed by atoms with Crippen LogP contribution in [0.5, 0.6) is 0 Å². The SMILES string of the molecule is CCNC(=NCC(O)Cc1ccccc1)NCCCN1CCCCCC1. The van der Waals surface area contributed by atoms with Gasteiger partial charge in [0.05, 0.1) is 12.6 Å². The van der Waals surface area contributed by atoms with E-state index in [1.54, 1.807) is 0 Å². The predicted molar refractivity (Wildman–Crippen MR) is 110 cm³/mol. The molecule has 2 rings (SSSR count). The van der Waals surface area contributed by atoms with Gasteiger partial charge in [-0.3, -0.25) is 4.99 Å². The normalized spacial score (nSPS) is 17.5. The number of benzene rings is 1. The molecular formula is C21H36N4O. The number of hydrogen-bond donors (Lipinski definition) is 3. The van der Waals surface area contributed by atoms with Crippen LogP contribution in [-0.2, 0) is 6.42 Å². The number of aliphatic imine (C=N–C) groups is 1.